The Labute approximate surface area is 126 Å². The van der Waals surface area contributed by atoms with E-state index in [4.69, 9.17) is 9.47 Å². The highest BCUT2D eigenvalue weighted by atomic mass is 16.5. The summed E-state index contributed by atoms with van der Waals surface area (Å²) in [5.41, 5.74) is -2.31. The van der Waals surface area contributed by atoms with Crippen LogP contribution in [0.2, 0.25) is 0 Å². The lowest BCUT2D eigenvalue weighted by Gasteiger charge is -2.29. The number of carboxylic acids is 2. The van der Waals surface area contributed by atoms with Crippen molar-refractivity contribution in [1.29, 1.82) is 0 Å². The molecule has 0 aliphatic rings. The van der Waals surface area contributed by atoms with Crippen LogP contribution in [0.3, 0.4) is 0 Å². The Hall–Kier alpha value is -1.14. The quantitative estimate of drug-likeness (QED) is 0.538. The van der Waals surface area contributed by atoms with Gasteiger partial charge in [0.15, 0.2) is 11.2 Å². The van der Waals surface area contributed by atoms with Crippen molar-refractivity contribution in [2.45, 2.75) is 71.0 Å². The highest BCUT2D eigenvalue weighted by Gasteiger charge is 2.37. The number of hydrogen-bond donors (Lipinski definition) is 2. The number of aliphatic carboxylic acids is 2. The minimum absolute atomic E-state index is 0.233. The van der Waals surface area contributed by atoms with Gasteiger partial charge >= 0.3 is 11.9 Å². The van der Waals surface area contributed by atoms with Crippen LogP contribution in [0.1, 0.15) is 59.8 Å². The van der Waals surface area contributed by atoms with Gasteiger partial charge in [0.1, 0.15) is 0 Å². The van der Waals surface area contributed by atoms with Crippen LogP contribution in [0.15, 0.2) is 0 Å². The predicted molar refractivity (Wildman–Crippen MR) is 78.4 cm³/mol. The Kier molecular flexibility index (Phi) is 8.51. The maximum Gasteiger partial charge on any atom is 0.335 e. The molecule has 0 radical (unpaired) electrons. The topological polar surface area (TPSA) is 93.1 Å². The zero-order chi connectivity index (χ0) is 16.5. The highest BCUT2D eigenvalue weighted by molar-refractivity contribution is 5.77. The van der Waals surface area contributed by atoms with Gasteiger partial charge in [-0.05, 0) is 32.1 Å². The van der Waals surface area contributed by atoms with Gasteiger partial charge in [0, 0.05) is 0 Å². The number of hydrogen-bond acceptors (Lipinski definition) is 4. The van der Waals surface area contributed by atoms with E-state index in [9.17, 15) is 19.8 Å². The first-order valence-electron chi connectivity index (χ1n) is 7.58. The summed E-state index contributed by atoms with van der Waals surface area (Å²) in [5.74, 6) is -1.93. The van der Waals surface area contributed by atoms with Gasteiger partial charge in [-0.3, -0.25) is 0 Å². The van der Waals surface area contributed by atoms with E-state index < -0.39 is 23.1 Å². The van der Waals surface area contributed by atoms with Gasteiger partial charge in [0.05, 0.1) is 13.2 Å². The standard InChI is InChI=1S/C15H28O6/c1-5-14(6-2,12(16)17)20-10-9-11-21-15(7-3,8-4)13(18)19/h5-11H2,1-4H3,(H,16,17)(H,18,19). The van der Waals surface area contributed by atoms with E-state index in [1.165, 1.54) is 0 Å². The van der Waals surface area contributed by atoms with Crippen molar-refractivity contribution in [2.24, 2.45) is 0 Å². The van der Waals surface area contributed by atoms with Crippen LogP contribution in [0.4, 0.5) is 0 Å². The lowest BCUT2D eigenvalue weighted by Crippen LogP contribution is -2.42. The first kappa shape index (κ1) is 19.9. The molecular weight excluding hydrogens is 276 g/mol. The minimum atomic E-state index is -1.15. The Morgan fingerprint density at radius 3 is 1.24 bits per heavy atom. The fraction of sp³-hybridized carbons (Fsp3) is 0.867. The average Bonchev–Trinajstić information content (AvgIpc) is 2.47. The third-order valence-electron chi connectivity index (χ3n) is 4.11. The van der Waals surface area contributed by atoms with Crippen molar-refractivity contribution < 1.29 is 29.3 Å². The van der Waals surface area contributed by atoms with Crippen molar-refractivity contribution in [3.8, 4) is 0 Å². The summed E-state index contributed by atoms with van der Waals surface area (Å²) in [6.07, 6.45) is 2.03. The van der Waals surface area contributed by atoms with E-state index in [0.29, 0.717) is 32.1 Å². The molecule has 0 atom stereocenters. The van der Waals surface area contributed by atoms with E-state index in [-0.39, 0.29) is 13.2 Å². The molecule has 0 aromatic rings. The summed E-state index contributed by atoms with van der Waals surface area (Å²) in [7, 11) is 0. The number of rotatable bonds is 12. The molecule has 6 heteroatoms. The van der Waals surface area contributed by atoms with Crippen LogP contribution in [-0.2, 0) is 19.1 Å². The van der Waals surface area contributed by atoms with Gasteiger partial charge in [0.2, 0.25) is 0 Å². The monoisotopic (exact) mass is 304 g/mol. The Morgan fingerprint density at radius 2 is 1.05 bits per heavy atom. The lowest BCUT2D eigenvalue weighted by atomic mass is 9.97. The van der Waals surface area contributed by atoms with Crippen molar-refractivity contribution in [1.82, 2.24) is 0 Å². The van der Waals surface area contributed by atoms with Crippen molar-refractivity contribution >= 4 is 11.9 Å². The van der Waals surface area contributed by atoms with Crippen LogP contribution >= 0.6 is 0 Å². The molecule has 0 amide bonds. The molecule has 0 aliphatic heterocycles. The molecule has 0 saturated heterocycles. The zero-order valence-corrected chi connectivity index (χ0v) is 13.5. The first-order chi connectivity index (χ1) is 9.84. The summed E-state index contributed by atoms with van der Waals surface area (Å²) >= 11 is 0. The van der Waals surface area contributed by atoms with E-state index in [1.54, 1.807) is 27.7 Å². The van der Waals surface area contributed by atoms with Crippen molar-refractivity contribution in [3.05, 3.63) is 0 Å². The van der Waals surface area contributed by atoms with Crippen LogP contribution in [0.5, 0.6) is 0 Å². The van der Waals surface area contributed by atoms with E-state index in [1.807, 2.05) is 0 Å². The van der Waals surface area contributed by atoms with E-state index >= 15 is 0 Å². The predicted octanol–water partition coefficient (Wildman–Crippen LogP) is 2.70. The normalized spacial score (nSPS) is 12.4. The second-order valence-electron chi connectivity index (χ2n) is 5.06. The summed E-state index contributed by atoms with van der Waals surface area (Å²) < 4.78 is 11.0. The largest absolute Gasteiger partial charge is 0.479 e. The SMILES string of the molecule is CCC(CC)(OCCCOC(CC)(CC)C(=O)O)C(=O)O. The van der Waals surface area contributed by atoms with Crippen molar-refractivity contribution in [3.63, 3.8) is 0 Å². The summed E-state index contributed by atoms with van der Waals surface area (Å²) in [6.45, 7) is 7.57. The Bertz CT molecular complexity index is 299. The third-order valence-corrected chi connectivity index (χ3v) is 4.11. The highest BCUT2D eigenvalue weighted by Crippen LogP contribution is 2.23. The molecule has 0 spiro atoms. The molecule has 0 heterocycles. The van der Waals surface area contributed by atoms with E-state index in [0.717, 1.165) is 0 Å². The van der Waals surface area contributed by atoms with Crippen LogP contribution in [0.25, 0.3) is 0 Å². The van der Waals surface area contributed by atoms with E-state index in [2.05, 4.69) is 0 Å². The van der Waals surface area contributed by atoms with Gasteiger partial charge in [0.25, 0.3) is 0 Å². The summed E-state index contributed by atoms with van der Waals surface area (Å²) in [5, 5.41) is 18.4. The lowest BCUT2D eigenvalue weighted by molar-refractivity contribution is -0.172. The van der Waals surface area contributed by atoms with Gasteiger partial charge in [-0.1, -0.05) is 27.7 Å². The summed E-state index contributed by atoms with van der Waals surface area (Å²) in [4.78, 5) is 22.5. The van der Waals surface area contributed by atoms with Crippen LogP contribution in [-0.4, -0.2) is 46.6 Å². The average molecular weight is 304 g/mol. The molecule has 0 bridgehead atoms. The maximum absolute atomic E-state index is 11.3. The molecule has 0 unspecified atom stereocenters. The maximum atomic E-state index is 11.3. The third kappa shape index (κ3) is 4.97. The molecule has 0 saturated carbocycles. The number of carbonyl (C=O) groups is 2. The molecule has 0 fully saturated rings. The zero-order valence-electron chi connectivity index (χ0n) is 13.5. The fourth-order valence-electron chi connectivity index (χ4n) is 2.23. The van der Waals surface area contributed by atoms with Gasteiger partial charge < -0.3 is 19.7 Å². The smallest absolute Gasteiger partial charge is 0.335 e. The second kappa shape index (κ2) is 9.00. The molecule has 21 heavy (non-hydrogen) atoms. The number of ether oxygens (including phenoxy) is 2. The molecular formula is C15H28O6. The van der Waals surface area contributed by atoms with Gasteiger partial charge in [-0.25, -0.2) is 9.59 Å². The van der Waals surface area contributed by atoms with Crippen LogP contribution in [0, 0.1) is 0 Å². The fourth-order valence-corrected chi connectivity index (χ4v) is 2.23. The minimum Gasteiger partial charge on any atom is -0.479 e. The molecule has 2 N–H and O–H groups in total. The van der Waals surface area contributed by atoms with Crippen molar-refractivity contribution in [2.75, 3.05) is 13.2 Å². The Morgan fingerprint density at radius 1 is 0.762 bits per heavy atom. The van der Waals surface area contributed by atoms with Gasteiger partial charge in [-0.15, -0.1) is 0 Å². The first-order valence-corrected chi connectivity index (χ1v) is 7.58. The van der Waals surface area contributed by atoms with Gasteiger partial charge in [-0.2, -0.15) is 0 Å². The molecule has 0 rings (SSSR count). The summed E-state index contributed by atoms with van der Waals surface area (Å²) in [6, 6.07) is 0. The molecule has 0 aromatic heterocycles. The Balaban J connectivity index is 4.33. The van der Waals surface area contributed by atoms with Crippen LogP contribution < -0.4 is 0 Å². The molecule has 124 valence electrons. The number of carboxylic acid groups (broad SMARTS) is 2. The molecule has 0 aromatic carbocycles. The second-order valence-corrected chi connectivity index (χ2v) is 5.06. The molecule has 6 nitrogen and oxygen atoms in total. The molecule has 0 aliphatic carbocycles.